The largest absolute Gasteiger partial charge is 0.352 e. The van der Waals surface area contributed by atoms with Crippen LogP contribution < -0.4 is 16.0 Å². The molecule has 2 rings (SSSR count). The van der Waals surface area contributed by atoms with Crippen LogP contribution in [0.15, 0.2) is 47.5 Å². The highest BCUT2D eigenvalue weighted by atomic mass is 127. The molecular weight excluding hydrogens is 482 g/mol. The minimum absolute atomic E-state index is 0. The number of amides is 1. The molecule has 0 unspecified atom stereocenters. The van der Waals surface area contributed by atoms with Gasteiger partial charge in [-0.05, 0) is 62.6 Å². The SMILES string of the molecule is CN=C(NCc1cccc(C(=O)NC(C)(C)C)c1)NCc1ccc(F)c(C)c1.I. The van der Waals surface area contributed by atoms with Gasteiger partial charge in [-0.3, -0.25) is 9.79 Å². The number of aryl methyl sites for hydroxylation is 1. The molecule has 0 heterocycles. The number of carbonyl (C=O) groups excluding carboxylic acids is 1. The van der Waals surface area contributed by atoms with Gasteiger partial charge in [0.15, 0.2) is 5.96 Å². The molecule has 0 atom stereocenters. The van der Waals surface area contributed by atoms with Crippen molar-refractivity contribution in [1.82, 2.24) is 16.0 Å². The molecule has 0 aromatic heterocycles. The molecule has 5 nitrogen and oxygen atoms in total. The average molecular weight is 512 g/mol. The number of hydrogen-bond acceptors (Lipinski definition) is 2. The Morgan fingerprint density at radius 2 is 1.66 bits per heavy atom. The summed E-state index contributed by atoms with van der Waals surface area (Å²) in [6.07, 6.45) is 0. The average Bonchev–Trinajstić information content (AvgIpc) is 2.63. The predicted molar refractivity (Wildman–Crippen MR) is 127 cm³/mol. The van der Waals surface area contributed by atoms with E-state index in [1.165, 1.54) is 6.07 Å². The van der Waals surface area contributed by atoms with Crippen LogP contribution in [0.1, 0.15) is 47.8 Å². The van der Waals surface area contributed by atoms with E-state index < -0.39 is 0 Å². The molecule has 0 bridgehead atoms. The van der Waals surface area contributed by atoms with Gasteiger partial charge in [0.25, 0.3) is 5.91 Å². The van der Waals surface area contributed by atoms with E-state index in [-0.39, 0.29) is 41.2 Å². The zero-order valence-electron chi connectivity index (χ0n) is 17.6. The molecule has 3 N–H and O–H groups in total. The van der Waals surface area contributed by atoms with Crippen LogP contribution in [0.4, 0.5) is 4.39 Å². The van der Waals surface area contributed by atoms with Gasteiger partial charge in [-0.2, -0.15) is 0 Å². The van der Waals surface area contributed by atoms with Crippen molar-refractivity contribution < 1.29 is 9.18 Å². The molecule has 0 aliphatic rings. The third-order valence-corrected chi connectivity index (χ3v) is 4.04. The highest BCUT2D eigenvalue weighted by Gasteiger charge is 2.15. The van der Waals surface area contributed by atoms with Crippen molar-refractivity contribution in [3.63, 3.8) is 0 Å². The lowest BCUT2D eigenvalue weighted by Crippen LogP contribution is -2.40. The first kappa shape index (κ1) is 24.9. The van der Waals surface area contributed by atoms with Crippen LogP contribution in [-0.2, 0) is 13.1 Å². The second-order valence-corrected chi connectivity index (χ2v) is 7.77. The number of halogens is 2. The van der Waals surface area contributed by atoms with Gasteiger partial charge in [0.05, 0.1) is 0 Å². The van der Waals surface area contributed by atoms with Crippen molar-refractivity contribution in [3.8, 4) is 0 Å². The van der Waals surface area contributed by atoms with E-state index in [0.29, 0.717) is 30.2 Å². The molecule has 0 spiro atoms. The number of benzene rings is 2. The zero-order chi connectivity index (χ0) is 20.7. The van der Waals surface area contributed by atoms with Gasteiger partial charge in [0.2, 0.25) is 0 Å². The Labute approximate surface area is 189 Å². The third-order valence-electron chi connectivity index (χ3n) is 4.04. The number of rotatable bonds is 5. The van der Waals surface area contributed by atoms with E-state index in [0.717, 1.165) is 11.1 Å². The molecule has 2 aromatic rings. The molecule has 7 heteroatoms. The maximum absolute atomic E-state index is 13.4. The molecule has 0 saturated carbocycles. The van der Waals surface area contributed by atoms with Gasteiger partial charge in [-0.25, -0.2) is 4.39 Å². The number of carbonyl (C=O) groups is 1. The Balaban J connectivity index is 0.00000420. The van der Waals surface area contributed by atoms with Gasteiger partial charge in [0, 0.05) is 31.2 Å². The lowest BCUT2D eigenvalue weighted by Gasteiger charge is -2.20. The summed E-state index contributed by atoms with van der Waals surface area (Å²) in [4.78, 5) is 16.5. The number of guanidine groups is 1. The van der Waals surface area contributed by atoms with Crippen LogP contribution in [-0.4, -0.2) is 24.5 Å². The Morgan fingerprint density at radius 3 is 2.21 bits per heavy atom. The first-order valence-corrected chi connectivity index (χ1v) is 9.29. The van der Waals surface area contributed by atoms with Crippen LogP contribution in [0.2, 0.25) is 0 Å². The number of aliphatic imine (C=N–C) groups is 1. The normalized spacial score (nSPS) is 11.4. The van der Waals surface area contributed by atoms with Crippen molar-refractivity contribution in [2.24, 2.45) is 4.99 Å². The fourth-order valence-corrected chi connectivity index (χ4v) is 2.64. The Hall–Kier alpha value is -2.16. The summed E-state index contributed by atoms with van der Waals surface area (Å²) in [5.41, 5.74) is 2.91. The minimum atomic E-state index is -0.282. The van der Waals surface area contributed by atoms with Gasteiger partial charge in [-0.1, -0.05) is 24.3 Å². The van der Waals surface area contributed by atoms with Crippen molar-refractivity contribution in [2.75, 3.05) is 7.05 Å². The van der Waals surface area contributed by atoms with Crippen molar-refractivity contribution in [3.05, 3.63) is 70.5 Å². The van der Waals surface area contributed by atoms with Crippen molar-refractivity contribution in [2.45, 2.75) is 46.3 Å². The van der Waals surface area contributed by atoms with Crippen molar-refractivity contribution in [1.29, 1.82) is 0 Å². The number of nitrogens with zero attached hydrogens (tertiary/aromatic N) is 1. The van der Waals surface area contributed by atoms with Crippen LogP contribution in [0.3, 0.4) is 0 Å². The third kappa shape index (κ3) is 8.39. The van der Waals surface area contributed by atoms with E-state index in [1.54, 1.807) is 26.1 Å². The summed E-state index contributed by atoms with van der Waals surface area (Å²) < 4.78 is 13.4. The van der Waals surface area contributed by atoms with Crippen LogP contribution >= 0.6 is 24.0 Å². The summed E-state index contributed by atoms with van der Waals surface area (Å²) in [5, 5.41) is 9.40. The van der Waals surface area contributed by atoms with Gasteiger partial charge >= 0.3 is 0 Å². The molecule has 0 saturated heterocycles. The van der Waals surface area contributed by atoms with Crippen molar-refractivity contribution >= 4 is 35.8 Å². The summed E-state index contributed by atoms with van der Waals surface area (Å²) >= 11 is 0. The van der Waals surface area contributed by atoms with Gasteiger partial charge in [0.1, 0.15) is 5.82 Å². The lowest BCUT2D eigenvalue weighted by molar-refractivity contribution is 0.0919. The molecule has 0 aliphatic heterocycles. The Morgan fingerprint density at radius 1 is 1.03 bits per heavy atom. The summed E-state index contributed by atoms with van der Waals surface area (Å²) in [7, 11) is 1.69. The minimum Gasteiger partial charge on any atom is -0.352 e. The maximum Gasteiger partial charge on any atom is 0.251 e. The van der Waals surface area contributed by atoms with E-state index >= 15 is 0 Å². The molecule has 2 aromatic carbocycles. The van der Waals surface area contributed by atoms with Crippen LogP contribution in [0.5, 0.6) is 0 Å². The fourth-order valence-electron chi connectivity index (χ4n) is 2.64. The highest BCUT2D eigenvalue weighted by Crippen LogP contribution is 2.10. The molecule has 0 radical (unpaired) electrons. The first-order valence-electron chi connectivity index (χ1n) is 9.29. The predicted octanol–water partition coefficient (Wildman–Crippen LogP) is 4.15. The lowest BCUT2D eigenvalue weighted by atomic mass is 10.1. The van der Waals surface area contributed by atoms with Crippen LogP contribution in [0, 0.1) is 12.7 Å². The Bertz CT molecular complexity index is 862. The molecule has 0 fully saturated rings. The molecule has 0 aliphatic carbocycles. The van der Waals surface area contributed by atoms with Gasteiger partial charge in [-0.15, -0.1) is 24.0 Å². The van der Waals surface area contributed by atoms with E-state index in [9.17, 15) is 9.18 Å². The number of hydrogen-bond donors (Lipinski definition) is 3. The molecule has 29 heavy (non-hydrogen) atoms. The quantitative estimate of drug-likeness (QED) is 0.321. The Kier molecular flexibility index (Phi) is 9.55. The van der Waals surface area contributed by atoms with E-state index in [4.69, 9.17) is 0 Å². The van der Waals surface area contributed by atoms with Gasteiger partial charge < -0.3 is 16.0 Å². The number of nitrogens with one attached hydrogen (secondary N) is 3. The molecular formula is C22H30FIN4O. The first-order chi connectivity index (χ1) is 13.2. The standard InChI is InChI=1S/C22H29FN4O.HI/c1-15-11-17(9-10-19(15)23)14-26-21(24-5)25-13-16-7-6-8-18(12-16)20(28)27-22(2,3)4;/h6-12H,13-14H2,1-5H3,(H,27,28)(H2,24,25,26);1H. The highest BCUT2D eigenvalue weighted by molar-refractivity contribution is 14.0. The maximum atomic E-state index is 13.4. The zero-order valence-corrected chi connectivity index (χ0v) is 19.9. The van der Waals surface area contributed by atoms with E-state index in [1.807, 2.05) is 45.0 Å². The molecule has 1 amide bonds. The summed E-state index contributed by atoms with van der Waals surface area (Å²) in [6.45, 7) is 8.67. The fraction of sp³-hybridized carbons (Fsp3) is 0.364. The summed E-state index contributed by atoms with van der Waals surface area (Å²) in [5.74, 6) is 0.330. The second kappa shape index (κ2) is 11.1. The van der Waals surface area contributed by atoms with E-state index in [2.05, 4.69) is 20.9 Å². The topological polar surface area (TPSA) is 65.5 Å². The van der Waals surface area contributed by atoms with Crippen LogP contribution in [0.25, 0.3) is 0 Å². The smallest absolute Gasteiger partial charge is 0.251 e. The molecule has 158 valence electrons. The monoisotopic (exact) mass is 512 g/mol. The second-order valence-electron chi connectivity index (χ2n) is 7.77. The summed E-state index contributed by atoms with van der Waals surface area (Å²) in [6, 6.07) is 12.5.